The molecular weight excluding hydrogens is 284 g/mol. The third-order valence-corrected chi connectivity index (χ3v) is 3.80. The van der Waals surface area contributed by atoms with Crippen LogP contribution < -0.4 is 10.5 Å². The molecule has 1 atom stereocenters. The molecule has 1 aromatic rings. The Balaban J connectivity index is 2.98. The first-order chi connectivity index (χ1) is 9.31. The van der Waals surface area contributed by atoms with Crippen molar-refractivity contribution >= 4 is 15.9 Å². The van der Waals surface area contributed by atoms with Gasteiger partial charge in [0.25, 0.3) is 5.91 Å². The molecule has 0 aliphatic rings. The summed E-state index contributed by atoms with van der Waals surface area (Å²) < 4.78 is 28.0. The van der Waals surface area contributed by atoms with Gasteiger partial charge in [0, 0.05) is 7.11 Å². The van der Waals surface area contributed by atoms with Gasteiger partial charge in [-0.25, -0.2) is 13.6 Å². The molecular formula is C11H20N4O4S. The Hall–Kier alpha value is -1.45. The largest absolute Gasteiger partial charge is 0.383 e. The standard InChI is InChI=1S/C11H20N4O4S/c1-4-5-8(6-19-3)13-11(16)9-10(20(12,17)18)7(2)14-15-9/h8H,4-6H2,1-3H3,(H,13,16)(H,14,15)(H2,12,17,18). The van der Waals surface area contributed by atoms with Crippen molar-refractivity contribution in [3.63, 3.8) is 0 Å². The first kappa shape index (κ1) is 16.6. The summed E-state index contributed by atoms with van der Waals surface area (Å²) in [6.45, 7) is 3.80. The van der Waals surface area contributed by atoms with Crippen LogP contribution in [-0.4, -0.2) is 44.3 Å². The predicted molar refractivity (Wildman–Crippen MR) is 72.7 cm³/mol. The lowest BCUT2D eigenvalue weighted by atomic mass is 10.2. The number of nitrogens with zero attached hydrogens (tertiary/aromatic N) is 1. The van der Waals surface area contributed by atoms with Crippen LogP contribution in [0.15, 0.2) is 4.90 Å². The first-order valence-electron chi connectivity index (χ1n) is 6.18. The fourth-order valence-corrected chi connectivity index (χ4v) is 2.80. The molecule has 0 aliphatic heterocycles. The quantitative estimate of drug-likeness (QED) is 0.648. The molecule has 9 heteroatoms. The molecule has 20 heavy (non-hydrogen) atoms. The summed E-state index contributed by atoms with van der Waals surface area (Å²) in [5.41, 5.74) is 0.0126. The van der Waals surface area contributed by atoms with Crippen molar-refractivity contribution < 1.29 is 17.9 Å². The van der Waals surface area contributed by atoms with E-state index in [4.69, 9.17) is 9.88 Å². The molecule has 0 spiro atoms. The number of methoxy groups -OCH3 is 1. The third-order valence-electron chi connectivity index (χ3n) is 2.73. The van der Waals surface area contributed by atoms with Gasteiger partial charge in [0.05, 0.1) is 18.3 Å². The van der Waals surface area contributed by atoms with Gasteiger partial charge in [-0.2, -0.15) is 5.10 Å². The molecule has 1 rings (SSSR count). The number of rotatable bonds is 7. The molecule has 0 saturated heterocycles. The number of nitrogens with two attached hydrogens (primary N) is 1. The van der Waals surface area contributed by atoms with E-state index in [0.29, 0.717) is 13.0 Å². The van der Waals surface area contributed by atoms with Crippen LogP contribution in [0.4, 0.5) is 0 Å². The Kier molecular flexibility index (Phi) is 5.66. The summed E-state index contributed by atoms with van der Waals surface area (Å²) in [6, 6.07) is -0.206. The second kappa shape index (κ2) is 6.82. The molecule has 114 valence electrons. The Morgan fingerprint density at radius 2 is 2.20 bits per heavy atom. The van der Waals surface area contributed by atoms with Gasteiger partial charge >= 0.3 is 0 Å². The highest BCUT2D eigenvalue weighted by atomic mass is 32.2. The number of ether oxygens (including phenoxy) is 1. The van der Waals surface area contributed by atoms with Gasteiger partial charge in [0.2, 0.25) is 10.0 Å². The minimum absolute atomic E-state index is 0.206. The minimum atomic E-state index is -4.01. The Labute approximate surface area is 118 Å². The summed E-state index contributed by atoms with van der Waals surface area (Å²) in [4.78, 5) is 11.8. The van der Waals surface area contributed by atoms with Gasteiger partial charge in [-0.3, -0.25) is 9.89 Å². The normalized spacial score (nSPS) is 13.2. The Morgan fingerprint density at radius 3 is 2.70 bits per heavy atom. The van der Waals surface area contributed by atoms with Gasteiger partial charge in [0.1, 0.15) is 4.90 Å². The highest BCUT2D eigenvalue weighted by Crippen LogP contribution is 2.16. The van der Waals surface area contributed by atoms with Crippen molar-refractivity contribution in [1.82, 2.24) is 15.5 Å². The third kappa shape index (κ3) is 4.02. The lowest BCUT2D eigenvalue weighted by Gasteiger charge is -2.16. The van der Waals surface area contributed by atoms with E-state index in [1.807, 2.05) is 6.92 Å². The van der Waals surface area contributed by atoms with Gasteiger partial charge in [-0.05, 0) is 13.3 Å². The number of aromatic amines is 1. The van der Waals surface area contributed by atoms with E-state index in [2.05, 4.69) is 15.5 Å². The fraction of sp³-hybridized carbons (Fsp3) is 0.636. The summed E-state index contributed by atoms with van der Waals surface area (Å²) >= 11 is 0. The van der Waals surface area contributed by atoms with Crippen LogP contribution in [0.3, 0.4) is 0 Å². The number of carbonyl (C=O) groups is 1. The minimum Gasteiger partial charge on any atom is -0.383 e. The molecule has 1 heterocycles. The van der Waals surface area contributed by atoms with Crippen LogP contribution in [0.5, 0.6) is 0 Å². The number of sulfonamides is 1. The molecule has 0 aromatic carbocycles. The van der Waals surface area contributed by atoms with Gasteiger partial charge in [-0.15, -0.1) is 0 Å². The van der Waals surface area contributed by atoms with E-state index in [9.17, 15) is 13.2 Å². The zero-order valence-electron chi connectivity index (χ0n) is 11.8. The number of primary sulfonamides is 1. The number of nitrogens with one attached hydrogen (secondary N) is 2. The lowest BCUT2D eigenvalue weighted by Crippen LogP contribution is -2.38. The van der Waals surface area contributed by atoms with Crippen LogP contribution in [0.25, 0.3) is 0 Å². The van der Waals surface area contributed by atoms with Gasteiger partial charge in [-0.1, -0.05) is 13.3 Å². The number of H-pyrrole nitrogens is 1. The molecule has 1 amide bonds. The second-order valence-corrected chi connectivity index (χ2v) is 5.98. The van der Waals surface area contributed by atoms with Gasteiger partial charge in [0.15, 0.2) is 5.69 Å². The fourth-order valence-electron chi connectivity index (χ4n) is 1.92. The number of aromatic nitrogens is 2. The number of hydrogen-bond acceptors (Lipinski definition) is 5. The maximum Gasteiger partial charge on any atom is 0.273 e. The van der Waals surface area contributed by atoms with Crippen molar-refractivity contribution in [1.29, 1.82) is 0 Å². The highest BCUT2D eigenvalue weighted by molar-refractivity contribution is 7.89. The zero-order valence-corrected chi connectivity index (χ0v) is 12.6. The van der Waals surface area contributed by atoms with E-state index in [1.165, 1.54) is 14.0 Å². The van der Waals surface area contributed by atoms with Crippen molar-refractivity contribution in [2.24, 2.45) is 5.14 Å². The number of amides is 1. The zero-order chi connectivity index (χ0) is 15.3. The molecule has 0 saturated carbocycles. The summed E-state index contributed by atoms with van der Waals surface area (Å²) in [5.74, 6) is -0.589. The first-order valence-corrected chi connectivity index (χ1v) is 7.73. The number of hydrogen-bond donors (Lipinski definition) is 3. The molecule has 4 N–H and O–H groups in total. The predicted octanol–water partition coefficient (Wildman–Crippen LogP) is -0.0896. The topological polar surface area (TPSA) is 127 Å². The smallest absolute Gasteiger partial charge is 0.273 e. The van der Waals surface area contributed by atoms with Crippen LogP contribution in [0.2, 0.25) is 0 Å². The molecule has 0 bridgehead atoms. The SMILES string of the molecule is CCCC(COC)NC(=O)c1n[nH]c(C)c1S(N)(=O)=O. The summed E-state index contributed by atoms with van der Waals surface area (Å²) in [6.07, 6.45) is 1.57. The van der Waals surface area contributed by atoms with Crippen LogP contribution >= 0.6 is 0 Å². The highest BCUT2D eigenvalue weighted by Gasteiger charge is 2.26. The average Bonchev–Trinajstić information content (AvgIpc) is 2.71. The van der Waals surface area contributed by atoms with E-state index in [1.54, 1.807) is 0 Å². The molecule has 0 radical (unpaired) electrons. The number of carbonyl (C=O) groups excluding carboxylic acids is 1. The van der Waals surface area contributed by atoms with E-state index >= 15 is 0 Å². The molecule has 8 nitrogen and oxygen atoms in total. The van der Waals surface area contributed by atoms with E-state index < -0.39 is 15.9 Å². The van der Waals surface area contributed by atoms with Crippen LogP contribution in [0, 0.1) is 6.92 Å². The Morgan fingerprint density at radius 1 is 1.55 bits per heavy atom. The van der Waals surface area contributed by atoms with Gasteiger partial charge < -0.3 is 10.1 Å². The monoisotopic (exact) mass is 304 g/mol. The summed E-state index contributed by atoms with van der Waals surface area (Å²) in [7, 11) is -2.48. The van der Waals surface area contributed by atoms with Crippen molar-refractivity contribution in [2.45, 2.75) is 37.6 Å². The molecule has 0 aliphatic carbocycles. The molecule has 0 fully saturated rings. The lowest BCUT2D eigenvalue weighted by molar-refractivity contribution is 0.0883. The maximum absolute atomic E-state index is 12.1. The van der Waals surface area contributed by atoms with E-state index in [0.717, 1.165) is 6.42 Å². The van der Waals surface area contributed by atoms with Crippen LogP contribution in [-0.2, 0) is 14.8 Å². The second-order valence-electron chi connectivity index (χ2n) is 4.49. The summed E-state index contributed by atoms with van der Waals surface area (Å²) in [5, 5.41) is 14.0. The van der Waals surface area contributed by atoms with Crippen molar-refractivity contribution in [3.05, 3.63) is 11.4 Å². The van der Waals surface area contributed by atoms with Crippen molar-refractivity contribution in [2.75, 3.05) is 13.7 Å². The maximum atomic E-state index is 12.1. The number of aryl methyl sites for hydroxylation is 1. The average molecular weight is 304 g/mol. The van der Waals surface area contributed by atoms with Crippen LogP contribution in [0.1, 0.15) is 35.9 Å². The molecule has 1 unspecified atom stereocenters. The van der Waals surface area contributed by atoms with E-state index in [-0.39, 0.29) is 22.3 Å². The Bertz CT molecular complexity index is 561. The van der Waals surface area contributed by atoms with Crippen molar-refractivity contribution in [3.8, 4) is 0 Å². The molecule has 1 aromatic heterocycles.